The lowest BCUT2D eigenvalue weighted by Gasteiger charge is -2.12. The highest BCUT2D eigenvalue weighted by Crippen LogP contribution is 2.36. The summed E-state index contributed by atoms with van der Waals surface area (Å²) in [6, 6.07) is 7.37. The Morgan fingerprint density at radius 1 is 1.29 bits per heavy atom. The molecule has 1 aliphatic rings. The summed E-state index contributed by atoms with van der Waals surface area (Å²) in [6.07, 6.45) is 4.79. The summed E-state index contributed by atoms with van der Waals surface area (Å²) in [5.74, 6) is 1.68. The highest BCUT2D eigenvalue weighted by atomic mass is 32.2. The molecule has 0 saturated heterocycles. The number of benzene rings is 1. The molecule has 6 nitrogen and oxygen atoms in total. The molecule has 146 valence electrons. The Labute approximate surface area is 172 Å². The molecule has 0 atom stereocenters. The third-order valence-electron chi connectivity index (χ3n) is 4.85. The number of thioether (sulfide) groups is 1. The molecule has 1 aliphatic carbocycles. The lowest BCUT2D eigenvalue weighted by atomic mass is 9.96. The van der Waals surface area contributed by atoms with Crippen LogP contribution < -0.4 is 10.1 Å². The van der Waals surface area contributed by atoms with Gasteiger partial charge in [0.05, 0.1) is 18.6 Å². The molecule has 28 heavy (non-hydrogen) atoms. The molecule has 0 unspecified atom stereocenters. The van der Waals surface area contributed by atoms with Gasteiger partial charge in [-0.1, -0.05) is 23.9 Å². The number of para-hydroxylation sites is 2. The minimum absolute atomic E-state index is 0.105. The monoisotopic (exact) mass is 414 g/mol. The van der Waals surface area contributed by atoms with Gasteiger partial charge >= 0.3 is 0 Å². The van der Waals surface area contributed by atoms with Gasteiger partial charge in [-0.15, -0.1) is 21.5 Å². The van der Waals surface area contributed by atoms with E-state index in [0.717, 1.165) is 17.4 Å². The Bertz CT molecular complexity index is 996. The average Bonchev–Trinajstić information content (AvgIpc) is 3.30. The fourth-order valence-electron chi connectivity index (χ4n) is 3.42. The number of ether oxygens (including phenoxy) is 1. The van der Waals surface area contributed by atoms with Crippen LogP contribution in [0, 0.1) is 0 Å². The average molecular weight is 415 g/mol. The second-order valence-electron chi connectivity index (χ2n) is 6.66. The molecule has 0 saturated carbocycles. The van der Waals surface area contributed by atoms with E-state index in [-0.39, 0.29) is 11.7 Å². The molecule has 0 radical (unpaired) electrons. The zero-order valence-corrected chi connectivity index (χ0v) is 17.5. The van der Waals surface area contributed by atoms with E-state index in [1.54, 1.807) is 7.11 Å². The first-order chi connectivity index (χ1) is 13.7. The predicted molar refractivity (Wildman–Crippen MR) is 113 cm³/mol. The smallest absolute Gasteiger partial charge is 0.234 e. The summed E-state index contributed by atoms with van der Waals surface area (Å²) in [5.41, 5.74) is 3.29. The number of anilines is 1. The molecule has 8 heteroatoms. The van der Waals surface area contributed by atoms with Gasteiger partial charge < -0.3 is 14.6 Å². The largest absolute Gasteiger partial charge is 0.495 e. The molecule has 2 aromatic heterocycles. The number of thiophene rings is 1. The van der Waals surface area contributed by atoms with Gasteiger partial charge in [0.2, 0.25) is 5.91 Å². The number of nitrogens with zero attached hydrogens (tertiary/aromatic N) is 3. The minimum Gasteiger partial charge on any atom is -0.495 e. The molecule has 4 rings (SSSR count). The third kappa shape index (κ3) is 3.79. The zero-order chi connectivity index (χ0) is 19.5. The number of carbonyl (C=O) groups excluding carboxylic acids is 1. The maximum Gasteiger partial charge on any atom is 0.234 e. The van der Waals surface area contributed by atoms with Crippen LogP contribution in [0.5, 0.6) is 5.75 Å². The first-order valence-electron chi connectivity index (χ1n) is 9.22. The van der Waals surface area contributed by atoms with Crippen molar-refractivity contribution in [3.05, 3.63) is 40.1 Å². The number of nitrogens with one attached hydrogen (secondary N) is 1. The third-order valence-corrected chi connectivity index (χ3v) is 6.96. The maximum absolute atomic E-state index is 12.3. The quantitative estimate of drug-likeness (QED) is 0.614. The van der Waals surface area contributed by atoms with E-state index in [1.807, 2.05) is 47.2 Å². The van der Waals surface area contributed by atoms with Gasteiger partial charge in [-0.25, -0.2) is 0 Å². The van der Waals surface area contributed by atoms with Crippen LogP contribution in [-0.2, 0) is 24.7 Å². The van der Waals surface area contributed by atoms with Crippen LogP contribution in [0.15, 0.2) is 34.8 Å². The van der Waals surface area contributed by atoms with Crippen molar-refractivity contribution >= 4 is 34.7 Å². The molecular formula is C20H22N4O2S2. The Balaban J connectivity index is 1.44. The first-order valence-corrected chi connectivity index (χ1v) is 11.1. The first kappa shape index (κ1) is 19.0. The topological polar surface area (TPSA) is 69.0 Å². The van der Waals surface area contributed by atoms with E-state index in [2.05, 4.69) is 20.9 Å². The summed E-state index contributed by atoms with van der Waals surface area (Å²) in [4.78, 5) is 13.8. The highest BCUT2D eigenvalue weighted by Gasteiger charge is 2.21. The van der Waals surface area contributed by atoms with Crippen LogP contribution >= 0.6 is 23.1 Å². The maximum atomic E-state index is 12.3. The van der Waals surface area contributed by atoms with Gasteiger partial charge in [0, 0.05) is 22.9 Å². The molecule has 1 N–H and O–H groups in total. The molecule has 1 amide bonds. The van der Waals surface area contributed by atoms with Crippen molar-refractivity contribution in [3.63, 3.8) is 0 Å². The highest BCUT2D eigenvalue weighted by molar-refractivity contribution is 7.99. The van der Waals surface area contributed by atoms with Crippen molar-refractivity contribution in [2.24, 2.45) is 7.05 Å². The minimum atomic E-state index is -0.105. The van der Waals surface area contributed by atoms with Crippen LogP contribution in [-0.4, -0.2) is 33.5 Å². The Morgan fingerprint density at radius 2 is 2.11 bits per heavy atom. The summed E-state index contributed by atoms with van der Waals surface area (Å²) in [5, 5.41) is 14.5. The van der Waals surface area contributed by atoms with Crippen LogP contribution in [0.25, 0.3) is 11.4 Å². The molecule has 0 fully saturated rings. The van der Waals surface area contributed by atoms with Gasteiger partial charge in [-0.05, 0) is 43.4 Å². The van der Waals surface area contributed by atoms with Gasteiger partial charge in [0.15, 0.2) is 11.0 Å². The number of fused-ring (bicyclic) bond motifs is 1. The molecule has 2 heterocycles. The van der Waals surface area contributed by atoms with E-state index in [4.69, 9.17) is 4.74 Å². The second-order valence-corrected chi connectivity index (χ2v) is 8.57. The van der Waals surface area contributed by atoms with Crippen LogP contribution in [0.2, 0.25) is 0 Å². The number of hydrogen-bond acceptors (Lipinski definition) is 6. The number of carbonyl (C=O) groups is 1. The van der Waals surface area contributed by atoms with E-state index in [9.17, 15) is 4.79 Å². The van der Waals surface area contributed by atoms with Crippen molar-refractivity contribution < 1.29 is 9.53 Å². The molecule has 0 spiro atoms. The zero-order valence-electron chi connectivity index (χ0n) is 15.9. The van der Waals surface area contributed by atoms with Crippen LogP contribution in [0.1, 0.15) is 23.3 Å². The number of hydrogen-bond donors (Lipinski definition) is 1. The van der Waals surface area contributed by atoms with Crippen molar-refractivity contribution in [2.45, 2.75) is 30.8 Å². The fraction of sp³-hybridized carbons (Fsp3) is 0.350. The van der Waals surface area contributed by atoms with Crippen molar-refractivity contribution in [3.8, 4) is 17.1 Å². The molecule has 0 aliphatic heterocycles. The van der Waals surface area contributed by atoms with E-state index in [0.29, 0.717) is 11.4 Å². The standard InChI is InChI=1S/C20H22N4O2S2/c1-24-19(14-11-27-17-10-6-3-7-13(14)17)22-23-20(24)28-12-18(25)21-15-8-4-5-9-16(15)26-2/h4-5,8-9,11H,3,6-7,10,12H2,1-2H3,(H,21,25). The van der Waals surface area contributed by atoms with Crippen molar-refractivity contribution in [1.29, 1.82) is 0 Å². The lowest BCUT2D eigenvalue weighted by molar-refractivity contribution is -0.113. The number of amides is 1. The SMILES string of the molecule is COc1ccccc1NC(=O)CSc1nnc(-c2csc3c2CCCC3)n1C. The normalized spacial score (nSPS) is 13.2. The molecule has 0 bridgehead atoms. The van der Waals surface area contributed by atoms with Gasteiger partial charge in [-0.3, -0.25) is 4.79 Å². The molecule has 3 aromatic rings. The summed E-state index contributed by atoms with van der Waals surface area (Å²) in [7, 11) is 3.55. The van der Waals surface area contributed by atoms with Gasteiger partial charge in [0.25, 0.3) is 0 Å². The lowest BCUT2D eigenvalue weighted by Crippen LogP contribution is -2.15. The second kappa shape index (κ2) is 8.36. The van der Waals surface area contributed by atoms with Gasteiger partial charge in [0.1, 0.15) is 5.75 Å². The number of rotatable bonds is 6. The van der Waals surface area contributed by atoms with Gasteiger partial charge in [-0.2, -0.15) is 0 Å². The summed E-state index contributed by atoms with van der Waals surface area (Å²) < 4.78 is 7.26. The van der Waals surface area contributed by atoms with Crippen LogP contribution in [0.3, 0.4) is 0 Å². The molecular weight excluding hydrogens is 392 g/mol. The van der Waals surface area contributed by atoms with Crippen molar-refractivity contribution in [1.82, 2.24) is 14.8 Å². The number of aryl methyl sites for hydroxylation is 1. The van der Waals surface area contributed by atoms with E-state index >= 15 is 0 Å². The summed E-state index contributed by atoms with van der Waals surface area (Å²) >= 11 is 3.21. The number of aromatic nitrogens is 3. The van der Waals surface area contributed by atoms with Crippen LogP contribution in [0.4, 0.5) is 5.69 Å². The fourth-order valence-corrected chi connectivity index (χ4v) is 5.26. The Kier molecular flexibility index (Phi) is 5.68. The summed E-state index contributed by atoms with van der Waals surface area (Å²) in [6.45, 7) is 0. The van der Waals surface area contributed by atoms with E-state index in [1.165, 1.54) is 47.0 Å². The van der Waals surface area contributed by atoms with E-state index < -0.39 is 0 Å². The predicted octanol–water partition coefficient (Wildman–Crippen LogP) is 4.16. The number of methoxy groups -OCH3 is 1. The Morgan fingerprint density at radius 3 is 2.96 bits per heavy atom. The Hall–Kier alpha value is -2.32. The molecule has 1 aromatic carbocycles. The van der Waals surface area contributed by atoms with Crippen molar-refractivity contribution in [2.75, 3.05) is 18.2 Å².